The van der Waals surface area contributed by atoms with Crippen molar-refractivity contribution in [2.75, 3.05) is 20.8 Å². The van der Waals surface area contributed by atoms with Crippen LogP contribution in [-0.4, -0.2) is 44.8 Å². The summed E-state index contributed by atoms with van der Waals surface area (Å²) in [7, 11) is 2.80. The SMILES string of the molecule is COC(=O)[C@H](Cc1ccc(OC)cc1)NC(=O)CNC(=O)OCc1ccccc1. The van der Waals surface area contributed by atoms with Gasteiger partial charge in [0.2, 0.25) is 5.91 Å². The van der Waals surface area contributed by atoms with Crippen LogP contribution in [0.25, 0.3) is 0 Å². The molecule has 0 bridgehead atoms. The smallest absolute Gasteiger partial charge is 0.407 e. The fraction of sp³-hybridized carbons (Fsp3) is 0.286. The average molecular weight is 400 g/mol. The summed E-state index contributed by atoms with van der Waals surface area (Å²) in [5, 5.41) is 4.91. The molecule has 8 heteroatoms. The van der Waals surface area contributed by atoms with Crippen LogP contribution in [0.1, 0.15) is 11.1 Å². The first-order valence-electron chi connectivity index (χ1n) is 8.96. The van der Waals surface area contributed by atoms with E-state index in [1.165, 1.54) is 7.11 Å². The van der Waals surface area contributed by atoms with E-state index in [-0.39, 0.29) is 19.6 Å². The number of esters is 1. The summed E-state index contributed by atoms with van der Waals surface area (Å²) in [4.78, 5) is 35.9. The third-order valence-electron chi connectivity index (χ3n) is 4.03. The van der Waals surface area contributed by atoms with Crippen molar-refractivity contribution in [3.63, 3.8) is 0 Å². The molecular formula is C21H24N2O6. The van der Waals surface area contributed by atoms with Crippen molar-refractivity contribution in [1.29, 1.82) is 0 Å². The van der Waals surface area contributed by atoms with Crippen molar-refractivity contribution in [2.24, 2.45) is 0 Å². The molecule has 29 heavy (non-hydrogen) atoms. The predicted octanol–water partition coefficient (Wildman–Crippen LogP) is 1.82. The minimum Gasteiger partial charge on any atom is -0.497 e. The lowest BCUT2D eigenvalue weighted by Crippen LogP contribution is -2.47. The van der Waals surface area contributed by atoms with Crippen LogP contribution in [0.3, 0.4) is 0 Å². The van der Waals surface area contributed by atoms with Crippen LogP contribution in [0, 0.1) is 0 Å². The molecule has 2 aromatic carbocycles. The Morgan fingerprint density at radius 3 is 2.24 bits per heavy atom. The number of nitrogens with one attached hydrogen (secondary N) is 2. The van der Waals surface area contributed by atoms with Crippen LogP contribution in [0.5, 0.6) is 5.75 Å². The third kappa shape index (κ3) is 7.53. The Labute approximate surface area is 169 Å². The maximum absolute atomic E-state index is 12.1. The summed E-state index contributed by atoms with van der Waals surface area (Å²) in [6.45, 7) is -0.236. The quantitative estimate of drug-likeness (QED) is 0.623. The Kier molecular flexibility index (Phi) is 8.50. The number of carbonyl (C=O) groups is 3. The molecule has 0 fully saturated rings. The van der Waals surface area contributed by atoms with Gasteiger partial charge in [-0.2, -0.15) is 0 Å². The number of hydrogen-bond acceptors (Lipinski definition) is 6. The molecule has 154 valence electrons. The Bertz CT molecular complexity index is 808. The summed E-state index contributed by atoms with van der Waals surface area (Å²) in [6, 6.07) is 15.4. The first-order valence-corrected chi connectivity index (χ1v) is 8.96. The second-order valence-electron chi connectivity index (χ2n) is 6.11. The summed E-state index contributed by atoms with van der Waals surface area (Å²) >= 11 is 0. The Morgan fingerprint density at radius 1 is 0.931 bits per heavy atom. The third-order valence-corrected chi connectivity index (χ3v) is 4.03. The van der Waals surface area contributed by atoms with Crippen molar-refractivity contribution in [2.45, 2.75) is 19.1 Å². The highest BCUT2D eigenvalue weighted by Gasteiger charge is 2.22. The van der Waals surface area contributed by atoms with Crippen molar-refractivity contribution in [1.82, 2.24) is 10.6 Å². The molecule has 0 aliphatic heterocycles. The predicted molar refractivity (Wildman–Crippen MR) is 105 cm³/mol. The van der Waals surface area contributed by atoms with Gasteiger partial charge in [0.05, 0.1) is 14.2 Å². The van der Waals surface area contributed by atoms with Gasteiger partial charge in [-0.05, 0) is 23.3 Å². The number of methoxy groups -OCH3 is 2. The Morgan fingerprint density at radius 2 is 1.62 bits per heavy atom. The van der Waals surface area contributed by atoms with Crippen molar-refractivity contribution < 1.29 is 28.6 Å². The van der Waals surface area contributed by atoms with Crippen molar-refractivity contribution >= 4 is 18.0 Å². The van der Waals surface area contributed by atoms with E-state index in [0.29, 0.717) is 5.75 Å². The van der Waals surface area contributed by atoms with E-state index in [2.05, 4.69) is 10.6 Å². The minimum absolute atomic E-state index is 0.0938. The van der Waals surface area contributed by atoms with Crippen LogP contribution in [0.2, 0.25) is 0 Å². The second-order valence-corrected chi connectivity index (χ2v) is 6.11. The Hall–Kier alpha value is -3.55. The fourth-order valence-corrected chi connectivity index (χ4v) is 2.50. The van der Waals surface area contributed by atoms with Crippen LogP contribution >= 0.6 is 0 Å². The van der Waals surface area contributed by atoms with Crippen LogP contribution in [0.4, 0.5) is 4.79 Å². The van der Waals surface area contributed by atoms with E-state index in [1.807, 2.05) is 30.3 Å². The van der Waals surface area contributed by atoms with E-state index in [4.69, 9.17) is 14.2 Å². The second kappa shape index (κ2) is 11.3. The topological polar surface area (TPSA) is 103 Å². The molecule has 2 amide bonds. The first kappa shape index (κ1) is 21.7. The Balaban J connectivity index is 1.82. The van der Waals surface area contributed by atoms with Gasteiger partial charge in [-0.25, -0.2) is 9.59 Å². The van der Waals surface area contributed by atoms with Crippen molar-refractivity contribution in [3.8, 4) is 5.75 Å². The largest absolute Gasteiger partial charge is 0.497 e. The molecule has 0 radical (unpaired) electrons. The van der Waals surface area contributed by atoms with Gasteiger partial charge in [0, 0.05) is 6.42 Å². The monoisotopic (exact) mass is 400 g/mol. The minimum atomic E-state index is -0.886. The molecule has 2 N–H and O–H groups in total. The number of rotatable bonds is 9. The maximum Gasteiger partial charge on any atom is 0.407 e. The van der Waals surface area contributed by atoms with Gasteiger partial charge in [-0.1, -0.05) is 42.5 Å². The number of benzene rings is 2. The molecule has 0 unspecified atom stereocenters. The summed E-state index contributed by atoms with van der Waals surface area (Å²) < 4.78 is 14.9. The van der Waals surface area contributed by atoms with Gasteiger partial charge in [0.15, 0.2) is 0 Å². The molecule has 1 atom stereocenters. The van der Waals surface area contributed by atoms with Gasteiger partial charge in [0.25, 0.3) is 0 Å². The molecule has 0 spiro atoms. The summed E-state index contributed by atoms with van der Waals surface area (Å²) in [6.07, 6.45) is -0.491. The lowest BCUT2D eigenvalue weighted by atomic mass is 10.1. The first-order chi connectivity index (χ1) is 14.0. The lowest BCUT2D eigenvalue weighted by molar-refractivity contribution is -0.144. The zero-order valence-electron chi connectivity index (χ0n) is 16.3. The van der Waals surface area contributed by atoms with E-state index in [9.17, 15) is 14.4 Å². The van der Waals surface area contributed by atoms with Gasteiger partial charge in [-0.3, -0.25) is 4.79 Å². The summed E-state index contributed by atoms with van der Waals surface area (Å²) in [5.41, 5.74) is 1.65. The molecule has 0 aromatic heterocycles. The van der Waals surface area contributed by atoms with Crippen LogP contribution in [0.15, 0.2) is 54.6 Å². The molecule has 0 saturated heterocycles. The summed E-state index contributed by atoms with van der Waals surface area (Å²) in [5.74, 6) is -0.433. The number of ether oxygens (including phenoxy) is 3. The zero-order valence-corrected chi connectivity index (χ0v) is 16.3. The molecule has 0 aliphatic carbocycles. The molecule has 8 nitrogen and oxygen atoms in total. The highest BCUT2D eigenvalue weighted by atomic mass is 16.5. The molecule has 0 aliphatic rings. The van der Waals surface area contributed by atoms with E-state index in [0.717, 1.165) is 11.1 Å². The molecule has 2 aromatic rings. The molecule has 0 saturated carbocycles. The molecular weight excluding hydrogens is 376 g/mol. The average Bonchev–Trinajstić information content (AvgIpc) is 2.76. The lowest BCUT2D eigenvalue weighted by Gasteiger charge is -2.17. The van der Waals surface area contributed by atoms with E-state index in [1.54, 1.807) is 31.4 Å². The zero-order chi connectivity index (χ0) is 21.1. The van der Waals surface area contributed by atoms with Crippen LogP contribution < -0.4 is 15.4 Å². The number of hydrogen-bond donors (Lipinski definition) is 2. The van der Waals surface area contributed by atoms with E-state index < -0.39 is 24.0 Å². The normalized spacial score (nSPS) is 11.1. The number of amides is 2. The maximum atomic E-state index is 12.1. The van der Waals surface area contributed by atoms with Crippen LogP contribution in [-0.2, 0) is 32.1 Å². The van der Waals surface area contributed by atoms with Gasteiger partial charge < -0.3 is 24.8 Å². The molecule has 0 heterocycles. The highest BCUT2D eigenvalue weighted by Crippen LogP contribution is 2.13. The highest BCUT2D eigenvalue weighted by molar-refractivity contribution is 5.87. The number of carbonyl (C=O) groups excluding carboxylic acids is 3. The number of alkyl carbamates (subject to hydrolysis) is 1. The fourth-order valence-electron chi connectivity index (χ4n) is 2.50. The van der Waals surface area contributed by atoms with Gasteiger partial charge >= 0.3 is 12.1 Å². The van der Waals surface area contributed by atoms with Gasteiger partial charge in [0.1, 0.15) is 24.9 Å². The van der Waals surface area contributed by atoms with Crippen molar-refractivity contribution in [3.05, 3.63) is 65.7 Å². The van der Waals surface area contributed by atoms with Gasteiger partial charge in [-0.15, -0.1) is 0 Å². The van der Waals surface area contributed by atoms with E-state index >= 15 is 0 Å². The molecule has 2 rings (SSSR count). The standard InChI is InChI=1S/C21H24N2O6/c1-27-17-10-8-15(9-11-17)12-18(20(25)28-2)23-19(24)13-22-21(26)29-14-16-6-4-3-5-7-16/h3-11,18H,12-14H2,1-2H3,(H,22,26)(H,23,24)/t18-/m0/s1.